The average Bonchev–Trinajstić information content (AvgIpc) is 3.01. The number of anilines is 2. The summed E-state index contributed by atoms with van der Waals surface area (Å²) in [6.07, 6.45) is 0. The summed E-state index contributed by atoms with van der Waals surface area (Å²) < 4.78 is 1.85. The first kappa shape index (κ1) is 24.1. The van der Waals surface area contributed by atoms with Crippen molar-refractivity contribution in [3.05, 3.63) is 59.0 Å². The second-order valence-electron chi connectivity index (χ2n) is 7.36. The fourth-order valence-electron chi connectivity index (χ4n) is 3.44. The smallest absolute Gasteiger partial charge is 0.219 e. The zero-order valence-electron chi connectivity index (χ0n) is 20.1. The van der Waals surface area contributed by atoms with E-state index in [9.17, 15) is 4.79 Å². The van der Waals surface area contributed by atoms with E-state index in [0.717, 1.165) is 45.3 Å². The molecule has 0 aliphatic carbocycles. The van der Waals surface area contributed by atoms with E-state index in [1.165, 1.54) is 0 Å². The Balaban J connectivity index is 0.00000166. The standard InChI is InChI=1S/C23H29N5O.C2H6/c1-7-28(18(5)29)14-22-17(4)27(6)26-23(22)25-20-11-9-19(10-12-20)21-13-8-15(2)24-16(21)3;1-2/h8-13H,7,14H2,1-6H3,(H,25,26);1-2H3. The molecule has 6 heteroatoms. The Bertz CT molecular complexity index is 1020. The van der Waals surface area contributed by atoms with E-state index in [4.69, 9.17) is 0 Å². The first-order valence-electron chi connectivity index (χ1n) is 10.9. The second kappa shape index (κ2) is 10.8. The average molecular weight is 422 g/mol. The number of benzene rings is 1. The zero-order valence-corrected chi connectivity index (χ0v) is 20.1. The number of hydrogen-bond acceptors (Lipinski definition) is 4. The number of nitrogens with one attached hydrogen (secondary N) is 1. The highest BCUT2D eigenvalue weighted by Crippen LogP contribution is 2.27. The van der Waals surface area contributed by atoms with E-state index < -0.39 is 0 Å². The molecule has 2 heterocycles. The van der Waals surface area contributed by atoms with Crippen molar-refractivity contribution in [2.24, 2.45) is 7.05 Å². The molecule has 0 radical (unpaired) electrons. The summed E-state index contributed by atoms with van der Waals surface area (Å²) in [6, 6.07) is 12.4. The van der Waals surface area contributed by atoms with Gasteiger partial charge in [0.15, 0.2) is 5.82 Å². The van der Waals surface area contributed by atoms with Crippen molar-refractivity contribution in [1.29, 1.82) is 0 Å². The number of rotatable bonds is 6. The predicted molar refractivity (Wildman–Crippen MR) is 128 cm³/mol. The molecule has 0 saturated carbocycles. The molecule has 31 heavy (non-hydrogen) atoms. The summed E-state index contributed by atoms with van der Waals surface area (Å²) in [5.41, 5.74) is 7.35. The van der Waals surface area contributed by atoms with Crippen LogP contribution < -0.4 is 5.32 Å². The Hall–Kier alpha value is -3.15. The number of hydrogen-bond donors (Lipinski definition) is 1. The lowest BCUT2D eigenvalue weighted by Crippen LogP contribution is -2.28. The summed E-state index contributed by atoms with van der Waals surface area (Å²) in [4.78, 5) is 18.2. The highest BCUT2D eigenvalue weighted by atomic mass is 16.2. The van der Waals surface area contributed by atoms with Crippen LogP contribution in [0.15, 0.2) is 36.4 Å². The number of pyridine rings is 1. The third kappa shape index (κ3) is 5.72. The van der Waals surface area contributed by atoms with Crippen LogP contribution in [0.4, 0.5) is 11.5 Å². The Labute approximate surface area is 186 Å². The Morgan fingerprint density at radius 2 is 1.71 bits per heavy atom. The van der Waals surface area contributed by atoms with Crippen LogP contribution in [-0.4, -0.2) is 32.1 Å². The van der Waals surface area contributed by atoms with Crippen LogP contribution in [0, 0.1) is 20.8 Å². The van der Waals surface area contributed by atoms with Crippen molar-refractivity contribution in [3.8, 4) is 11.1 Å². The molecule has 1 N–H and O–H groups in total. The molecule has 0 saturated heterocycles. The van der Waals surface area contributed by atoms with Gasteiger partial charge in [-0.1, -0.05) is 32.0 Å². The summed E-state index contributed by atoms with van der Waals surface area (Å²) in [6.45, 7) is 14.9. The van der Waals surface area contributed by atoms with Crippen LogP contribution >= 0.6 is 0 Å². The summed E-state index contributed by atoms with van der Waals surface area (Å²) in [7, 11) is 1.92. The van der Waals surface area contributed by atoms with Crippen LogP contribution in [0.3, 0.4) is 0 Å². The van der Waals surface area contributed by atoms with Gasteiger partial charge in [-0.2, -0.15) is 5.10 Å². The van der Waals surface area contributed by atoms with Crippen molar-refractivity contribution < 1.29 is 4.79 Å². The predicted octanol–water partition coefficient (Wildman–Crippen LogP) is 5.55. The first-order chi connectivity index (χ1) is 14.8. The van der Waals surface area contributed by atoms with Gasteiger partial charge in [-0.05, 0) is 51.5 Å². The van der Waals surface area contributed by atoms with E-state index in [2.05, 4.69) is 33.6 Å². The Morgan fingerprint density at radius 3 is 2.26 bits per heavy atom. The number of nitrogens with zero attached hydrogens (tertiary/aromatic N) is 4. The molecule has 3 aromatic rings. The molecule has 166 valence electrons. The van der Waals surface area contributed by atoms with Gasteiger partial charge >= 0.3 is 0 Å². The highest BCUT2D eigenvalue weighted by Gasteiger charge is 2.17. The first-order valence-corrected chi connectivity index (χ1v) is 10.9. The summed E-state index contributed by atoms with van der Waals surface area (Å²) in [5.74, 6) is 0.846. The van der Waals surface area contributed by atoms with Gasteiger partial charge in [0.25, 0.3) is 0 Å². The van der Waals surface area contributed by atoms with E-state index in [1.54, 1.807) is 6.92 Å². The van der Waals surface area contributed by atoms with Crippen LogP contribution in [0.1, 0.15) is 50.3 Å². The van der Waals surface area contributed by atoms with E-state index in [-0.39, 0.29) is 5.91 Å². The topological polar surface area (TPSA) is 63.0 Å². The van der Waals surface area contributed by atoms with Gasteiger partial charge in [-0.3, -0.25) is 14.5 Å². The molecule has 0 unspecified atom stereocenters. The third-order valence-electron chi connectivity index (χ3n) is 5.32. The lowest BCUT2D eigenvalue weighted by atomic mass is 10.0. The molecule has 2 aromatic heterocycles. The third-order valence-corrected chi connectivity index (χ3v) is 5.32. The van der Waals surface area contributed by atoms with Gasteiger partial charge < -0.3 is 10.2 Å². The monoisotopic (exact) mass is 421 g/mol. The van der Waals surface area contributed by atoms with Crippen LogP contribution in [0.5, 0.6) is 0 Å². The van der Waals surface area contributed by atoms with Crippen molar-refractivity contribution in [1.82, 2.24) is 19.7 Å². The minimum Gasteiger partial charge on any atom is -0.339 e. The molecule has 1 amide bonds. The largest absolute Gasteiger partial charge is 0.339 e. The minimum absolute atomic E-state index is 0.0631. The van der Waals surface area contributed by atoms with Gasteiger partial charge in [0.1, 0.15) is 0 Å². The highest BCUT2D eigenvalue weighted by molar-refractivity contribution is 5.74. The van der Waals surface area contributed by atoms with Gasteiger partial charge in [-0.25, -0.2) is 0 Å². The molecule has 0 fully saturated rings. The molecule has 1 aromatic carbocycles. The van der Waals surface area contributed by atoms with Gasteiger partial charge in [0, 0.05) is 54.4 Å². The number of amides is 1. The molecule has 0 atom stereocenters. The van der Waals surface area contributed by atoms with Gasteiger partial charge in [-0.15, -0.1) is 0 Å². The number of aryl methyl sites for hydroxylation is 3. The molecule has 6 nitrogen and oxygen atoms in total. The molecular formula is C25H35N5O. The van der Waals surface area contributed by atoms with E-state index in [0.29, 0.717) is 13.1 Å². The normalized spacial score (nSPS) is 10.3. The molecular weight excluding hydrogens is 386 g/mol. The van der Waals surface area contributed by atoms with E-state index in [1.807, 2.05) is 76.4 Å². The Morgan fingerprint density at radius 1 is 1.06 bits per heavy atom. The lowest BCUT2D eigenvalue weighted by molar-refractivity contribution is -0.129. The summed E-state index contributed by atoms with van der Waals surface area (Å²) >= 11 is 0. The maximum atomic E-state index is 11.9. The number of aromatic nitrogens is 3. The molecule has 0 spiro atoms. The van der Waals surface area contributed by atoms with Crippen LogP contribution in [-0.2, 0) is 18.4 Å². The molecule has 0 aliphatic rings. The summed E-state index contributed by atoms with van der Waals surface area (Å²) in [5, 5.41) is 8.03. The van der Waals surface area contributed by atoms with E-state index >= 15 is 0 Å². The maximum absolute atomic E-state index is 11.9. The molecule has 0 aliphatic heterocycles. The van der Waals surface area contributed by atoms with Gasteiger partial charge in [0.05, 0.1) is 6.54 Å². The van der Waals surface area contributed by atoms with Gasteiger partial charge in [0.2, 0.25) is 5.91 Å². The van der Waals surface area contributed by atoms with Crippen molar-refractivity contribution in [3.63, 3.8) is 0 Å². The fraction of sp³-hybridized carbons (Fsp3) is 0.400. The van der Waals surface area contributed by atoms with Crippen molar-refractivity contribution >= 4 is 17.4 Å². The fourth-order valence-corrected chi connectivity index (χ4v) is 3.44. The van der Waals surface area contributed by atoms with Crippen LogP contribution in [0.2, 0.25) is 0 Å². The quantitative estimate of drug-likeness (QED) is 0.567. The van der Waals surface area contributed by atoms with Crippen molar-refractivity contribution in [2.45, 2.75) is 55.0 Å². The number of carbonyl (C=O) groups excluding carboxylic acids is 1. The SMILES string of the molecule is CC.CCN(Cc1c(Nc2ccc(-c3ccc(C)nc3C)cc2)nn(C)c1C)C(C)=O. The number of carbonyl (C=O) groups is 1. The Kier molecular flexibility index (Phi) is 8.37. The second-order valence-corrected chi connectivity index (χ2v) is 7.36. The maximum Gasteiger partial charge on any atom is 0.219 e. The van der Waals surface area contributed by atoms with Crippen LogP contribution in [0.25, 0.3) is 11.1 Å². The van der Waals surface area contributed by atoms with Crippen molar-refractivity contribution in [2.75, 3.05) is 11.9 Å². The lowest BCUT2D eigenvalue weighted by Gasteiger charge is -2.19. The molecule has 0 bridgehead atoms. The molecule has 3 rings (SSSR count). The zero-order chi connectivity index (χ0) is 23.1. The minimum atomic E-state index is 0.0631.